The van der Waals surface area contributed by atoms with Crippen molar-refractivity contribution in [3.8, 4) is 0 Å². The van der Waals surface area contributed by atoms with Crippen molar-refractivity contribution >= 4 is 17.6 Å². The highest BCUT2D eigenvalue weighted by Crippen LogP contribution is 2.18. The van der Waals surface area contributed by atoms with E-state index in [1.54, 1.807) is 13.8 Å². The molecule has 0 heterocycles. The third-order valence-corrected chi connectivity index (χ3v) is 4.08. The van der Waals surface area contributed by atoms with E-state index < -0.39 is 11.5 Å². The molecule has 3 N–H and O–H groups in total. The third-order valence-electron chi connectivity index (χ3n) is 4.08. The number of carbonyl (C=O) groups excluding carboxylic acids is 1. The number of carbonyl (C=O) groups is 2. The van der Waals surface area contributed by atoms with Crippen molar-refractivity contribution in [2.45, 2.75) is 46.1 Å². The molecule has 0 aliphatic rings. The molecule has 0 aliphatic carbocycles. The Hall–Kier alpha value is -1.88. The lowest BCUT2D eigenvalue weighted by Crippen LogP contribution is -2.53. The Bertz CT molecular complexity index is 522. The highest BCUT2D eigenvalue weighted by Gasteiger charge is 2.34. The van der Waals surface area contributed by atoms with Crippen LogP contribution < -0.4 is 10.6 Å². The molecule has 5 heteroatoms. The normalized spacial score (nSPS) is 11.2. The number of aryl methyl sites for hydroxylation is 1. The fourth-order valence-corrected chi connectivity index (χ4v) is 2.21. The summed E-state index contributed by atoms with van der Waals surface area (Å²) in [4.78, 5) is 23.4. The average Bonchev–Trinajstić information content (AvgIpc) is 2.45. The van der Waals surface area contributed by atoms with E-state index in [-0.39, 0.29) is 12.5 Å². The van der Waals surface area contributed by atoms with Gasteiger partial charge in [-0.1, -0.05) is 26.0 Å². The molecule has 0 aliphatic heterocycles. The van der Waals surface area contributed by atoms with Crippen LogP contribution in [0.1, 0.15) is 37.8 Å². The summed E-state index contributed by atoms with van der Waals surface area (Å²) in [6.45, 7) is 7.49. The van der Waals surface area contributed by atoms with E-state index in [4.69, 9.17) is 0 Å². The van der Waals surface area contributed by atoms with E-state index in [1.807, 2.05) is 32.0 Å². The van der Waals surface area contributed by atoms with Crippen LogP contribution >= 0.6 is 0 Å². The topological polar surface area (TPSA) is 78.4 Å². The SMILES string of the molecule is CCC(CC)(NCC(=O)Nc1cccc(C)c1C)C(=O)O. The minimum atomic E-state index is -1.04. The molecule has 1 aromatic carbocycles. The van der Waals surface area contributed by atoms with Gasteiger partial charge < -0.3 is 10.4 Å². The van der Waals surface area contributed by atoms with Gasteiger partial charge in [0, 0.05) is 5.69 Å². The zero-order valence-corrected chi connectivity index (χ0v) is 13.1. The van der Waals surface area contributed by atoms with E-state index in [9.17, 15) is 14.7 Å². The standard InChI is InChI=1S/C16H24N2O3/c1-5-16(6-2,15(20)21)17-10-14(19)18-13-9-7-8-11(3)12(13)4/h7-9,17H,5-6,10H2,1-4H3,(H,18,19)(H,20,21). The van der Waals surface area contributed by atoms with E-state index in [1.165, 1.54) is 0 Å². The molecule has 0 aromatic heterocycles. The summed E-state index contributed by atoms with van der Waals surface area (Å²) in [5, 5.41) is 15.0. The molecule has 21 heavy (non-hydrogen) atoms. The molecule has 0 bridgehead atoms. The second-order valence-electron chi connectivity index (χ2n) is 5.24. The van der Waals surface area contributed by atoms with Gasteiger partial charge in [0.2, 0.25) is 5.91 Å². The van der Waals surface area contributed by atoms with Crippen molar-refractivity contribution in [3.05, 3.63) is 29.3 Å². The Morgan fingerprint density at radius 3 is 2.33 bits per heavy atom. The number of carboxylic acids is 1. The molecule has 0 saturated carbocycles. The molecule has 0 atom stereocenters. The van der Waals surface area contributed by atoms with Gasteiger partial charge >= 0.3 is 5.97 Å². The molecule has 0 fully saturated rings. The molecule has 5 nitrogen and oxygen atoms in total. The number of hydrogen-bond donors (Lipinski definition) is 3. The number of aliphatic carboxylic acids is 1. The van der Waals surface area contributed by atoms with E-state index >= 15 is 0 Å². The van der Waals surface area contributed by atoms with Crippen molar-refractivity contribution in [1.29, 1.82) is 0 Å². The first-order valence-corrected chi connectivity index (χ1v) is 7.20. The van der Waals surface area contributed by atoms with Crippen molar-refractivity contribution < 1.29 is 14.7 Å². The molecular formula is C16H24N2O3. The smallest absolute Gasteiger partial charge is 0.323 e. The largest absolute Gasteiger partial charge is 0.480 e. The maximum Gasteiger partial charge on any atom is 0.323 e. The first-order valence-electron chi connectivity index (χ1n) is 7.20. The molecule has 116 valence electrons. The summed E-state index contributed by atoms with van der Waals surface area (Å²) < 4.78 is 0. The van der Waals surface area contributed by atoms with Gasteiger partial charge in [-0.15, -0.1) is 0 Å². The lowest BCUT2D eigenvalue weighted by Gasteiger charge is -2.27. The predicted octanol–water partition coefficient (Wildman–Crippen LogP) is 2.47. The van der Waals surface area contributed by atoms with Crippen LogP contribution in [0.3, 0.4) is 0 Å². The van der Waals surface area contributed by atoms with E-state index in [0.717, 1.165) is 16.8 Å². The summed E-state index contributed by atoms with van der Waals surface area (Å²) in [5.74, 6) is -1.16. The number of hydrogen-bond acceptors (Lipinski definition) is 3. The molecule has 0 radical (unpaired) electrons. The maximum atomic E-state index is 12.0. The first-order chi connectivity index (χ1) is 9.86. The van der Waals surface area contributed by atoms with Crippen molar-refractivity contribution in [2.24, 2.45) is 0 Å². The van der Waals surface area contributed by atoms with Crippen LogP contribution in [0.2, 0.25) is 0 Å². The van der Waals surface area contributed by atoms with Gasteiger partial charge in [-0.05, 0) is 43.9 Å². The zero-order chi connectivity index (χ0) is 16.0. The van der Waals surface area contributed by atoms with E-state index in [2.05, 4.69) is 10.6 Å². The Kier molecular flexibility index (Phi) is 5.90. The zero-order valence-electron chi connectivity index (χ0n) is 13.1. The summed E-state index contributed by atoms with van der Waals surface area (Å²) in [6, 6.07) is 5.70. The average molecular weight is 292 g/mol. The molecular weight excluding hydrogens is 268 g/mol. The van der Waals surface area contributed by atoms with Crippen LogP contribution in [0.25, 0.3) is 0 Å². The fraction of sp³-hybridized carbons (Fsp3) is 0.500. The summed E-state index contributed by atoms with van der Waals surface area (Å²) in [6.07, 6.45) is 0.852. The van der Waals surface area contributed by atoms with Gasteiger partial charge in [0.05, 0.1) is 6.54 Å². The molecule has 1 amide bonds. The molecule has 1 aromatic rings. The Morgan fingerprint density at radius 1 is 1.19 bits per heavy atom. The third kappa shape index (κ3) is 4.04. The second-order valence-corrected chi connectivity index (χ2v) is 5.24. The summed E-state index contributed by atoms with van der Waals surface area (Å²) in [7, 11) is 0. The Balaban J connectivity index is 2.70. The monoisotopic (exact) mass is 292 g/mol. The maximum absolute atomic E-state index is 12.0. The molecule has 0 spiro atoms. The minimum Gasteiger partial charge on any atom is -0.480 e. The van der Waals surface area contributed by atoms with Crippen molar-refractivity contribution in [1.82, 2.24) is 5.32 Å². The predicted molar refractivity (Wildman–Crippen MR) is 83.5 cm³/mol. The first kappa shape index (κ1) is 17.2. The van der Waals surface area contributed by atoms with Gasteiger partial charge in [-0.25, -0.2) is 0 Å². The fourth-order valence-electron chi connectivity index (χ4n) is 2.21. The van der Waals surface area contributed by atoms with Gasteiger partial charge in [0.25, 0.3) is 0 Å². The van der Waals surface area contributed by atoms with Crippen LogP contribution in [-0.2, 0) is 9.59 Å². The van der Waals surface area contributed by atoms with Gasteiger partial charge in [-0.3, -0.25) is 14.9 Å². The van der Waals surface area contributed by atoms with Gasteiger partial charge in [-0.2, -0.15) is 0 Å². The second kappa shape index (κ2) is 7.22. The van der Waals surface area contributed by atoms with Crippen molar-refractivity contribution in [2.75, 3.05) is 11.9 Å². The quantitative estimate of drug-likeness (QED) is 0.721. The van der Waals surface area contributed by atoms with Crippen LogP contribution in [-0.4, -0.2) is 29.1 Å². The molecule has 0 unspecified atom stereocenters. The number of benzene rings is 1. The lowest BCUT2D eigenvalue weighted by molar-refractivity contribution is -0.145. The molecule has 1 rings (SSSR count). The Labute approximate surface area is 125 Å². The van der Waals surface area contributed by atoms with E-state index in [0.29, 0.717) is 12.8 Å². The Morgan fingerprint density at radius 2 is 1.81 bits per heavy atom. The van der Waals surface area contributed by atoms with Crippen LogP contribution in [0, 0.1) is 13.8 Å². The van der Waals surface area contributed by atoms with Crippen LogP contribution in [0.15, 0.2) is 18.2 Å². The number of carboxylic acid groups (broad SMARTS) is 1. The van der Waals surface area contributed by atoms with Gasteiger partial charge in [0.15, 0.2) is 0 Å². The summed E-state index contributed by atoms with van der Waals surface area (Å²) in [5.41, 5.74) is 1.83. The number of rotatable bonds is 7. The minimum absolute atomic E-state index is 0.0264. The number of anilines is 1. The lowest BCUT2D eigenvalue weighted by atomic mass is 9.93. The van der Waals surface area contributed by atoms with Crippen LogP contribution in [0.4, 0.5) is 5.69 Å². The summed E-state index contributed by atoms with van der Waals surface area (Å²) >= 11 is 0. The van der Waals surface area contributed by atoms with Crippen LogP contribution in [0.5, 0.6) is 0 Å². The number of amides is 1. The van der Waals surface area contributed by atoms with Gasteiger partial charge in [0.1, 0.15) is 5.54 Å². The molecule has 0 saturated heterocycles. The van der Waals surface area contributed by atoms with Crippen molar-refractivity contribution in [3.63, 3.8) is 0 Å². The highest BCUT2D eigenvalue weighted by atomic mass is 16.4. The highest BCUT2D eigenvalue weighted by molar-refractivity contribution is 5.93. The number of nitrogens with one attached hydrogen (secondary N) is 2.